The summed E-state index contributed by atoms with van der Waals surface area (Å²) in [5.74, 6) is 0.417. The quantitative estimate of drug-likeness (QED) is 0.776. The second kappa shape index (κ2) is 8.77. The molecule has 2 rings (SSSR count). The van der Waals surface area contributed by atoms with Crippen LogP contribution in [-0.4, -0.2) is 37.4 Å². The molecular formula is C22H35N3O2. The Morgan fingerprint density at radius 2 is 1.85 bits per heavy atom. The lowest BCUT2D eigenvalue weighted by atomic mass is 9.85. The molecule has 0 spiro atoms. The third kappa shape index (κ3) is 5.47. The van der Waals surface area contributed by atoms with Crippen molar-refractivity contribution < 1.29 is 9.59 Å². The van der Waals surface area contributed by atoms with Gasteiger partial charge in [0.25, 0.3) is 0 Å². The predicted molar refractivity (Wildman–Crippen MR) is 112 cm³/mol. The first-order valence-electron chi connectivity index (χ1n) is 10.0. The van der Waals surface area contributed by atoms with E-state index in [0.29, 0.717) is 6.54 Å². The highest BCUT2D eigenvalue weighted by Gasteiger charge is 2.28. The molecule has 1 N–H and O–H groups in total. The van der Waals surface area contributed by atoms with Gasteiger partial charge in [-0.25, -0.2) is 0 Å². The summed E-state index contributed by atoms with van der Waals surface area (Å²) in [4.78, 5) is 29.2. The van der Waals surface area contributed by atoms with Crippen molar-refractivity contribution in [2.75, 3.05) is 30.9 Å². The molecule has 1 saturated carbocycles. The average molecular weight is 374 g/mol. The van der Waals surface area contributed by atoms with Crippen molar-refractivity contribution in [2.45, 2.75) is 59.9 Å². The fourth-order valence-electron chi connectivity index (χ4n) is 3.34. The monoisotopic (exact) mass is 373 g/mol. The first-order valence-corrected chi connectivity index (χ1v) is 10.0. The van der Waals surface area contributed by atoms with Crippen molar-refractivity contribution >= 4 is 23.2 Å². The molecule has 0 atom stereocenters. The minimum absolute atomic E-state index is 0.112. The molecule has 27 heavy (non-hydrogen) atoms. The molecule has 0 bridgehead atoms. The fourth-order valence-corrected chi connectivity index (χ4v) is 3.34. The summed E-state index contributed by atoms with van der Waals surface area (Å²) >= 11 is 0. The van der Waals surface area contributed by atoms with Crippen LogP contribution in [0.3, 0.4) is 0 Å². The first kappa shape index (κ1) is 21.3. The van der Waals surface area contributed by atoms with Gasteiger partial charge in [0.1, 0.15) is 0 Å². The Hall–Kier alpha value is -2.04. The Bertz CT molecular complexity index is 673. The maximum absolute atomic E-state index is 12.9. The van der Waals surface area contributed by atoms with Crippen LogP contribution in [0.15, 0.2) is 18.2 Å². The molecule has 0 radical (unpaired) electrons. The zero-order valence-corrected chi connectivity index (χ0v) is 17.8. The lowest BCUT2D eigenvalue weighted by Gasteiger charge is -2.31. The van der Waals surface area contributed by atoms with Crippen LogP contribution >= 0.6 is 0 Å². The van der Waals surface area contributed by atoms with E-state index in [1.54, 1.807) is 0 Å². The van der Waals surface area contributed by atoms with Gasteiger partial charge in [0.15, 0.2) is 0 Å². The highest BCUT2D eigenvalue weighted by atomic mass is 16.2. The number of rotatable bonds is 7. The van der Waals surface area contributed by atoms with Crippen molar-refractivity contribution in [3.05, 3.63) is 23.8 Å². The Morgan fingerprint density at radius 1 is 1.19 bits per heavy atom. The molecule has 1 aromatic rings. The van der Waals surface area contributed by atoms with Gasteiger partial charge in [0.05, 0.1) is 0 Å². The largest absolute Gasteiger partial charge is 0.377 e. The molecule has 0 heterocycles. The minimum Gasteiger partial charge on any atom is -0.377 e. The summed E-state index contributed by atoms with van der Waals surface area (Å²) in [7, 11) is 4.00. The molecular weight excluding hydrogens is 338 g/mol. The molecule has 150 valence electrons. The van der Waals surface area contributed by atoms with Crippen LogP contribution in [0.25, 0.3) is 0 Å². The predicted octanol–water partition coefficient (Wildman–Crippen LogP) is 4.28. The van der Waals surface area contributed by atoms with Gasteiger partial charge < -0.3 is 15.1 Å². The second-order valence-electron chi connectivity index (χ2n) is 8.83. The number of benzene rings is 1. The van der Waals surface area contributed by atoms with Gasteiger partial charge in [-0.05, 0) is 43.0 Å². The van der Waals surface area contributed by atoms with Gasteiger partial charge in [-0.15, -0.1) is 0 Å². The van der Waals surface area contributed by atoms with E-state index in [-0.39, 0.29) is 17.7 Å². The number of carbonyl (C=O) groups is 2. The van der Waals surface area contributed by atoms with Gasteiger partial charge in [-0.1, -0.05) is 34.1 Å². The van der Waals surface area contributed by atoms with Crippen molar-refractivity contribution in [1.82, 2.24) is 4.90 Å². The molecule has 1 aliphatic rings. The van der Waals surface area contributed by atoms with E-state index >= 15 is 0 Å². The molecule has 5 nitrogen and oxygen atoms in total. The molecule has 0 unspecified atom stereocenters. The molecule has 1 aromatic carbocycles. The van der Waals surface area contributed by atoms with E-state index in [9.17, 15) is 9.59 Å². The highest BCUT2D eigenvalue weighted by molar-refractivity contribution is 5.93. The second-order valence-corrected chi connectivity index (χ2v) is 8.83. The Morgan fingerprint density at radius 3 is 2.33 bits per heavy atom. The molecule has 5 heteroatoms. The van der Waals surface area contributed by atoms with Crippen LogP contribution in [-0.2, 0) is 16.1 Å². The molecule has 0 aliphatic heterocycles. The van der Waals surface area contributed by atoms with Crippen molar-refractivity contribution in [1.29, 1.82) is 0 Å². The molecule has 1 fully saturated rings. The summed E-state index contributed by atoms with van der Waals surface area (Å²) in [6.07, 6.45) is 4.03. The zero-order valence-electron chi connectivity index (χ0n) is 17.8. The van der Waals surface area contributed by atoms with Crippen LogP contribution in [0.4, 0.5) is 11.4 Å². The summed E-state index contributed by atoms with van der Waals surface area (Å²) in [6, 6.07) is 5.99. The summed E-state index contributed by atoms with van der Waals surface area (Å²) in [5, 5.41) is 3.05. The molecule has 0 saturated heterocycles. The highest BCUT2D eigenvalue weighted by Crippen LogP contribution is 2.30. The van der Waals surface area contributed by atoms with E-state index in [4.69, 9.17) is 0 Å². The SMILES string of the molecule is CCCN(Cc1cc(NC(=O)C2CCC2)ccc1N(C)C)C(=O)C(C)(C)C. The van der Waals surface area contributed by atoms with Crippen LogP contribution < -0.4 is 10.2 Å². The molecule has 0 aromatic heterocycles. The first-order chi connectivity index (χ1) is 12.6. The topological polar surface area (TPSA) is 52.7 Å². The maximum Gasteiger partial charge on any atom is 0.228 e. The van der Waals surface area contributed by atoms with Gasteiger partial charge in [-0.2, -0.15) is 0 Å². The molecule has 1 aliphatic carbocycles. The summed E-state index contributed by atoms with van der Waals surface area (Å²) in [6.45, 7) is 9.23. The number of amides is 2. The number of anilines is 2. The van der Waals surface area contributed by atoms with Crippen molar-refractivity contribution in [3.8, 4) is 0 Å². The van der Waals surface area contributed by atoms with E-state index < -0.39 is 5.41 Å². The molecule has 2 amide bonds. The maximum atomic E-state index is 12.9. The number of nitrogens with zero attached hydrogens (tertiary/aromatic N) is 2. The van der Waals surface area contributed by atoms with Gasteiger partial charge in [-0.3, -0.25) is 9.59 Å². The lowest BCUT2D eigenvalue weighted by Crippen LogP contribution is -2.39. The van der Waals surface area contributed by atoms with E-state index in [0.717, 1.165) is 49.2 Å². The Kier molecular flexibility index (Phi) is 6.90. The van der Waals surface area contributed by atoms with Crippen LogP contribution in [0, 0.1) is 11.3 Å². The summed E-state index contributed by atoms with van der Waals surface area (Å²) < 4.78 is 0. The third-order valence-corrected chi connectivity index (χ3v) is 5.09. The standard InChI is InChI=1S/C22H35N3O2/c1-7-13-25(21(27)22(2,3)4)15-17-14-18(11-12-19(17)24(5)6)23-20(26)16-9-8-10-16/h11-12,14,16H,7-10,13,15H2,1-6H3,(H,23,26). The van der Waals surface area contributed by atoms with Crippen molar-refractivity contribution in [3.63, 3.8) is 0 Å². The lowest BCUT2D eigenvalue weighted by molar-refractivity contribution is -0.140. The average Bonchev–Trinajstić information content (AvgIpc) is 2.51. The van der Waals surface area contributed by atoms with Gasteiger partial charge in [0, 0.05) is 49.9 Å². The normalized spacial score (nSPS) is 14.4. The smallest absolute Gasteiger partial charge is 0.228 e. The van der Waals surface area contributed by atoms with Crippen molar-refractivity contribution in [2.24, 2.45) is 11.3 Å². The van der Waals surface area contributed by atoms with Crippen LogP contribution in [0.5, 0.6) is 0 Å². The number of carbonyl (C=O) groups excluding carboxylic acids is 2. The van der Waals surface area contributed by atoms with Gasteiger partial charge in [0.2, 0.25) is 11.8 Å². The Labute approximate surface area is 164 Å². The number of hydrogen-bond donors (Lipinski definition) is 1. The van der Waals surface area contributed by atoms with Crippen LogP contribution in [0.2, 0.25) is 0 Å². The minimum atomic E-state index is -0.413. The van der Waals surface area contributed by atoms with E-state index in [1.165, 1.54) is 0 Å². The van der Waals surface area contributed by atoms with Crippen LogP contribution in [0.1, 0.15) is 58.9 Å². The number of hydrogen-bond acceptors (Lipinski definition) is 3. The third-order valence-electron chi connectivity index (χ3n) is 5.09. The Balaban J connectivity index is 2.26. The van der Waals surface area contributed by atoms with E-state index in [2.05, 4.69) is 17.1 Å². The van der Waals surface area contributed by atoms with Gasteiger partial charge >= 0.3 is 0 Å². The summed E-state index contributed by atoms with van der Waals surface area (Å²) in [5.41, 5.74) is 2.52. The van der Waals surface area contributed by atoms with E-state index in [1.807, 2.05) is 58.0 Å². The zero-order chi connectivity index (χ0) is 20.2. The number of nitrogens with one attached hydrogen (secondary N) is 1. The fraction of sp³-hybridized carbons (Fsp3) is 0.636.